The van der Waals surface area contributed by atoms with E-state index >= 15 is 0 Å². The third-order valence-corrected chi connectivity index (χ3v) is 10.3. The summed E-state index contributed by atoms with van der Waals surface area (Å²) in [5.41, 5.74) is 7.18. The summed E-state index contributed by atoms with van der Waals surface area (Å²) in [6.07, 6.45) is 2.40. The minimum Gasteiger partial charge on any atom is -0.399 e. The minimum atomic E-state index is -0.397. The van der Waals surface area contributed by atoms with Crippen LogP contribution in [0.25, 0.3) is 38.3 Å². The Bertz CT molecular complexity index is 1810. The van der Waals surface area contributed by atoms with E-state index in [-0.39, 0.29) is 22.0 Å². The van der Waals surface area contributed by atoms with Gasteiger partial charge in [0.05, 0.1) is 22.2 Å². The molecule has 5 aromatic rings. The molecule has 1 aliphatic carbocycles. The van der Waals surface area contributed by atoms with Crippen LogP contribution in [0.3, 0.4) is 0 Å². The molecule has 0 bridgehead atoms. The monoisotopic (exact) mass is 529 g/mol. The van der Waals surface area contributed by atoms with Crippen LogP contribution in [-0.4, -0.2) is 22.9 Å². The molecule has 40 heavy (non-hydrogen) atoms. The van der Waals surface area contributed by atoms with Crippen molar-refractivity contribution in [3.63, 3.8) is 0 Å². The highest BCUT2D eigenvalue weighted by Crippen LogP contribution is 2.49. The Kier molecular flexibility index (Phi) is 5.33. The van der Waals surface area contributed by atoms with E-state index in [1.807, 2.05) is 0 Å². The molecule has 0 spiro atoms. The van der Waals surface area contributed by atoms with E-state index in [0.717, 1.165) is 11.2 Å². The van der Waals surface area contributed by atoms with Gasteiger partial charge in [0.1, 0.15) is 0 Å². The molecule has 4 heteroatoms. The van der Waals surface area contributed by atoms with Crippen molar-refractivity contribution in [3.8, 4) is 5.69 Å². The number of aromatic nitrogens is 1. The van der Waals surface area contributed by atoms with E-state index < -0.39 is 7.12 Å². The van der Waals surface area contributed by atoms with Crippen molar-refractivity contribution in [2.75, 3.05) is 0 Å². The van der Waals surface area contributed by atoms with Crippen molar-refractivity contribution in [1.82, 2.24) is 4.57 Å². The van der Waals surface area contributed by atoms with Crippen molar-refractivity contribution in [2.24, 2.45) is 0 Å². The van der Waals surface area contributed by atoms with Gasteiger partial charge in [-0.15, -0.1) is 0 Å². The Morgan fingerprint density at radius 1 is 0.625 bits per heavy atom. The lowest BCUT2D eigenvalue weighted by atomic mass is 9.63. The van der Waals surface area contributed by atoms with Crippen molar-refractivity contribution < 1.29 is 9.31 Å². The van der Waals surface area contributed by atoms with Crippen LogP contribution in [0.2, 0.25) is 0 Å². The summed E-state index contributed by atoms with van der Waals surface area (Å²) < 4.78 is 15.4. The quantitative estimate of drug-likeness (QED) is 0.214. The minimum absolute atomic E-state index is 0.132. The third-order valence-electron chi connectivity index (χ3n) is 10.3. The smallest absolute Gasteiger partial charge is 0.399 e. The van der Waals surface area contributed by atoms with Gasteiger partial charge in [0, 0.05) is 16.5 Å². The summed E-state index contributed by atoms with van der Waals surface area (Å²) in [5, 5.41) is 5.24. The van der Waals surface area contributed by atoms with Crippen LogP contribution in [0.4, 0.5) is 0 Å². The number of benzene rings is 4. The predicted octanol–water partition coefficient (Wildman–Crippen LogP) is 8.59. The molecular weight excluding hydrogens is 489 g/mol. The second-order valence-corrected chi connectivity index (χ2v) is 14.4. The SMILES string of the molecule is CC1(C)CCC(C)(C)c2cc3c(cc21)c1c2ccccc2ccc1n3-c1cccc(B2OC(C)(C)C(C)(C)O2)c1. The van der Waals surface area contributed by atoms with Gasteiger partial charge < -0.3 is 13.9 Å². The molecule has 1 aromatic heterocycles. The van der Waals surface area contributed by atoms with Crippen LogP contribution in [-0.2, 0) is 20.1 Å². The van der Waals surface area contributed by atoms with Crippen LogP contribution in [0.15, 0.2) is 72.8 Å². The van der Waals surface area contributed by atoms with E-state index in [0.29, 0.717) is 0 Å². The Labute approximate surface area is 238 Å². The molecule has 204 valence electrons. The number of fused-ring (bicyclic) bond motifs is 6. The fraction of sp³-hybridized carbons (Fsp3) is 0.389. The normalized spacial score (nSPS) is 20.9. The maximum atomic E-state index is 6.45. The first kappa shape index (κ1) is 25.9. The second kappa shape index (κ2) is 8.24. The summed E-state index contributed by atoms with van der Waals surface area (Å²) in [6, 6.07) is 27.1. The zero-order chi connectivity index (χ0) is 28.2. The van der Waals surface area contributed by atoms with Crippen LogP contribution in [0, 0.1) is 0 Å². The van der Waals surface area contributed by atoms with E-state index in [1.165, 1.54) is 56.5 Å². The van der Waals surface area contributed by atoms with E-state index in [9.17, 15) is 0 Å². The summed E-state index contributed by atoms with van der Waals surface area (Å²) >= 11 is 0. The van der Waals surface area contributed by atoms with Crippen molar-refractivity contribution >= 4 is 45.2 Å². The van der Waals surface area contributed by atoms with Gasteiger partial charge in [-0.05, 0) is 109 Å². The molecule has 0 atom stereocenters. The Balaban J connectivity index is 1.53. The Hall–Kier alpha value is -3.08. The third kappa shape index (κ3) is 3.65. The van der Waals surface area contributed by atoms with Gasteiger partial charge in [-0.2, -0.15) is 0 Å². The van der Waals surface area contributed by atoms with Crippen LogP contribution < -0.4 is 5.46 Å². The van der Waals surface area contributed by atoms with Crippen molar-refractivity contribution in [3.05, 3.63) is 83.9 Å². The molecule has 2 aliphatic rings. The number of rotatable bonds is 2. The summed E-state index contributed by atoms with van der Waals surface area (Å²) in [7, 11) is -0.397. The van der Waals surface area contributed by atoms with Crippen molar-refractivity contribution in [1.29, 1.82) is 0 Å². The molecule has 2 heterocycles. The molecule has 0 unspecified atom stereocenters. The van der Waals surface area contributed by atoms with Gasteiger partial charge in [-0.1, -0.05) is 70.2 Å². The standard InChI is InChI=1S/C36H40BNO2/c1-33(2)18-19-34(3,4)29-22-31-27(21-28(29)33)32-26-15-10-9-12-23(26)16-17-30(32)38(31)25-14-11-13-24(20-25)37-39-35(5,6)36(7,8)40-37/h9-17,20-22H,18-19H2,1-8H3. The van der Waals surface area contributed by atoms with Gasteiger partial charge >= 0.3 is 7.12 Å². The molecule has 3 nitrogen and oxygen atoms in total. The zero-order valence-corrected chi connectivity index (χ0v) is 25.2. The van der Waals surface area contributed by atoms with Gasteiger partial charge in [0.2, 0.25) is 0 Å². The van der Waals surface area contributed by atoms with Gasteiger partial charge in [-0.3, -0.25) is 0 Å². The average molecular weight is 530 g/mol. The first-order valence-corrected chi connectivity index (χ1v) is 14.8. The lowest BCUT2D eigenvalue weighted by Crippen LogP contribution is -2.41. The highest BCUT2D eigenvalue weighted by molar-refractivity contribution is 6.62. The molecule has 1 fully saturated rings. The fourth-order valence-electron chi connectivity index (χ4n) is 6.91. The summed E-state index contributed by atoms with van der Waals surface area (Å²) in [4.78, 5) is 0. The molecular formula is C36H40BNO2. The first-order chi connectivity index (χ1) is 18.8. The molecule has 4 aromatic carbocycles. The summed E-state index contributed by atoms with van der Waals surface area (Å²) in [5.74, 6) is 0. The average Bonchev–Trinajstić information content (AvgIpc) is 3.35. The zero-order valence-electron chi connectivity index (χ0n) is 25.2. The van der Waals surface area contributed by atoms with Crippen LogP contribution >= 0.6 is 0 Å². The first-order valence-electron chi connectivity index (χ1n) is 14.8. The molecule has 0 N–H and O–H groups in total. The highest BCUT2D eigenvalue weighted by atomic mass is 16.7. The van der Waals surface area contributed by atoms with E-state index in [2.05, 4.69) is 133 Å². The van der Waals surface area contributed by atoms with E-state index in [4.69, 9.17) is 9.31 Å². The number of hydrogen-bond acceptors (Lipinski definition) is 2. The van der Waals surface area contributed by atoms with Gasteiger partial charge in [0.25, 0.3) is 0 Å². The van der Waals surface area contributed by atoms with Crippen molar-refractivity contribution in [2.45, 2.75) is 90.3 Å². The topological polar surface area (TPSA) is 23.4 Å². The molecule has 0 amide bonds. The highest BCUT2D eigenvalue weighted by Gasteiger charge is 2.51. The summed E-state index contributed by atoms with van der Waals surface area (Å²) in [6.45, 7) is 18.1. The molecule has 0 saturated carbocycles. The largest absolute Gasteiger partial charge is 0.494 e. The van der Waals surface area contributed by atoms with Gasteiger partial charge in [0.15, 0.2) is 0 Å². The predicted molar refractivity (Wildman–Crippen MR) is 169 cm³/mol. The Morgan fingerprint density at radius 3 is 1.98 bits per heavy atom. The molecule has 0 radical (unpaired) electrons. The van der Waals surface area contributed by atoms with E-state index in [1.54, 1.807) is 0 Å². The fourth-order valence-corrected chi connectivity index (χ4v) is 6.91. The second-order valence-electron chi connectivity index (χ2n) is 14.4. The number of nitrogens with zero attached hydrogens (tertiary/aromatic N) is 1. The molecule has 1 aliphatic heterocycles. The Morgan fingerprint density at radius 2 is 1.27 bits per heavy atom. The maximum Gasteiger partial charge on any atom is 0.494 e. The van der Waals surface area contributed by atoms with Crippen LogP contribution in [0.5, 0.6) is 0 Å². The van der Waals surface area contributed by atoms with Gasteiger partial charge in [-0.25, -0.2) is 0 Å². The lowest BCUT2D eigenvalue weighted by molar-refractivity contribution is 0.00578. The maximum absolute atomic E-state index is 6.45. The number of hydrogen-bond donors (Lipinski definition) is 0. The molecule has 7 rings (SSSR count). The van der Waals surface area contributed by atoms with Crippen LogP contribution in [0.1, 0.15) is 79.4 Å². The molecule has 1 saturated heterocycles. The lowest BCUT2D eigenvalue weighted by Gasteiger charge is -2.42.